The number of hydrogen-bond donors (Lipinski definition) is 5. The average molecular weight is 1170 g/mol. The second-order valence-electron chi connectivity index (χ2n) is 19.2. The number of carbonyl (C=O) groups excluding carboxylic acids is 1. The number of amides is 1. The minimum atomic E-state index is -4.02. The molecule has 0 bridgehead atoms. The highest BCUT2D eigenvalue weighted by Crippen LogP contribution is 2.38. The second-order valence-corrected chi connectivity index (χ2v) is 21.7. The Hall–Kier alpha value is -5.36. The number of ether oxygens (including phenoxy) is 2. The van der Waals surface area contributed by atoms with Crippen molar-refractivity contribution >= 4 is 57.8 Å². The molecule has 6 N–H and O–H groups in total. The van der Waals surface area contributed by atoms with Crippen LogP contribution in [-0.4, -0.2) is 111 Å². The van der Waals surface area contributed by atoms with Crippen molar-refractivity contribution in [3.05, 3.63) is 140 Å². The van der Waals surface area contributed by atoms with Gasteiger partial charge >= 0.3 is 17.8 Å². The monoisotopic (exact) mass is 1160 g/mol. The first-order valence-corrected chi connectivity index (χ1v) is 27.5. The fraction of sp³-hybridized carbons (Fsp3) is 0.418. The van der Waals surface area contributed by atoms with Gasteiger partial charge in [0, 0.05) is 41.0 Å². The molecule has 4 atom stereocenters. The highest BCUT2D eigenvalue weighted by Gasteiger charge is 2.46. The molecule has 4 aromatic carbocycles. The summed E-state index contributed by atoms with van der Waals surface area (Å²) in [5, 5.41) is 35.7. The molecule has 4 aliphatic rings. The smallest absolute Gasteiger partial charge is 0.385 e. The van der Waals surface area contributed by atoms with Gasteiger partial charge in [-0.05, 0) is 161 Å². The van der Waals surface area contributed by atoms with Gasteiger partial charge < -0.3 is 45.6 Å². The van der Waals surface area contributed by atoms with E-state index in [0.717, 1.165) is 110 Å². The molecule has 1 unspecified atom stereocenters. The molecule has 4 heterocycles. The van der Waals surface area contributed by atoms with Crippen LogP contribution in [0.5, 0.6) is 11.5 Å². The Kier molecular flexibility index (Phi) is 20.7. The Morgan fingerprint density at radius 3 is 1.49 bits per heavy atom. The van der Waals surface area contributed by atoms with Gasteiger partial charge in [-0.2, -0.15) is 17.6 Å². The van der Waals surface area contributed by atoms with Crippen molar-refractivity contribution in [2.45, 2.75) is 107 Å². The number of carbonyl (C=O) groups is 2. The van der Waals surface area contributed by atoms with Crippen molar-refractivity contribution in [1.82, 2.24) is 25.1 Å². The minimum absolute atomic E-state index is 0. The van der Waals surface area contributed by atoms with Crippen molar-refractivity contribution in [3.8, 4) is 32.6 Å². The molecule has 13 nitrogen and oxygen atoms in total. The Labute approximate surface area is 465 Å². The van der Waals surface area contributed by atoms with Crippen LogP contribution in [0, 0.1) is 11.6 Å². The number of carboxylic acid groups (broad SMARTS) is 1. The first kappa shape index (κ1) is 60.3. The van der Waals surface area contributed by atoms with E-state index in [0.29, 0.717) is 44.3 Å². The molecule has 78 heavy (non-hydrogen) atoms. The zero-order valence-electron chi connectivity index (χ0n) is 41.3. The fourth-order valence-electron chi connectivity index (χ4n) is 8.41. The topological polar surface area (TPSA) is 184 Å². The van der Waals surface area contributed by atoms with Crippen LogP contribution >= 0.6 is 45.9 Å². The lowest BCUT2D eigenvalue weighted by Crippen LogP contribution is -2.51. The molecule has 0 spiro atoms. The summed E-state index contributed by atoms with van der Waals surface area (Å²) in [5.74, 6) is -11.5. The molecule has 2 saturated heterocycles. The van der Waals surface area contributed by atoms with Gasteiger partial charge in [-0.1, -0.05) is 42.8 Å². The Morgan fingerprint density at radius 2 is 1.08 bits per heavy atom. The molecule has 0 radical (unpaired) electrons. The number of likely N-dealkylation sites (tertiary alicyclic amines) is 2. The van der Waals surface area contributed by atoms with Crippen molar-refractivity contribution in [2.75, 3.05) is 39.3 Å². The third-order valence-corrected chi connectivity index (χ3v) is 15.4. The van der Waals surface area contributed by atoms with E-state index in [1.165, 1.54) is 61.4 Å². The second kappa shape index (κ2) is 26.7. The quantitative estimate of drug-likeness (QED) is 0.0485. The molecule has 10 rings (SSSR count). The molecule has 420 valence electrons. The summed E-state index contributed by atoms with van der Waals surface area (Å²) in [6.45, 7) is 4.57. The number of halogens is 8. The first-order chi connectivity index (χ1) is 36.7. The normalized spacial score (nSPS) is 17.3. The maximum absolute atomic E-state index is 15.3. The van der Waals surface area contributed by atoms with Crippen LogP contribution in [0.4, 0.5) is 26.3 Å². The molecule has 6 aromatic rings. The largest absolute Gasteiger partial charge is 0.489 e. The van der Waals surface area contributed by atoms with Gasteiger partial charge in [-0.3, -0.25) is 4.79 Å². The molecule has 4 fully saturated rings. The van der Waals surface area contributed by atoms with Crippen molar-refractivity contribution < 1.29 is 60.7 Å². The zero-order valence-corrected chi connectivity index (χ0v) is 44.4. The number of nitrogens with one attached hydrogen (secondary N) is 1. The van der Waals surface area contributed by atoms with E-state index in [9.17, 15) is 37.4 Å². The standard InChI is InChI=1S/C27H27ClF3N3O3S.C16H23ClN2O2.C11H6F3NO2S.CH4/c28-20-13-17(5-10-22(20)37-19-8-9-19)24(35)21(14-34-11-1-2-12-34)32-26(36)27(30,31)23-15-38-25(33-23)16-3-6-18(29)7-4-16;17-13-9-11(3-6-15(13)21-12-4-5-12)16(20)14(18)10-19-7-1-2-8-19;12-7-3-1-6(2-4-7)9-15-8(5-18-9)11(13,14)10(16)17;/h3-7,10,13,15,19,21,24,35H,1-2,8-9,11-12,14H2,(H,32,36);3,6,9,12,14,16,20H,1-2,4-5,7-8,10,18H2;1-5H,(H,16,17);1H4/t21-,24-;14-,16?;;/m11../s1. The van der Waals surface area contributed by atoms with Gasteiger partial charge in [-0.15, -0.1) is 22.7 Å². The lowest BCUT2D eigenvalue weighted by molar-refractivity contribution is -0.166. The number of alkyl halides is 4. The van der Waals surface area contributed by atoms with E-state index < -0.39 is 65.0 Å². The number of carboxylic acids is 1. The fourth-order valence-corrected chi connectivity index (χ4v) is 10.6. The number of nitrogens with two attached hydrogens (primary N) is 1. The number of nitrogens with zero attached hydrogens (tertiary/aromatic N) is 4. The van der Waals surface area contributed by atoms with Gasteiger partial charge in [0.05, 0.1) is 34.4 Å². The number of rotatable bonds is 19. The number of thiazole rings is 2. The molecule has 2 aliphatic carbocycles. The summed E-state index contributed by atoms with van der Waals surface area (Å²) >= 11 is 14.4. The summed E-state index contributed by atoms with van der Waals surface area (Å²) in [6, 6.07) is 19.4. The molecule has 2 aromatic heterocycles. The number of aliphatic carboxylic acids is 1. The predicted octanol–water partition coefficient (Wildman–Crippen LogP) is 11.6. The van der Waals surface area contributed by atoms with E-state index in [4.69, 9.17) is 43.5 Å². The van der Waals surface area contributed by atoms with Crippen LogP contribution in [0.3, 0.4) is 0 Å². The highest BCUT2D eigenvalue weighted by atomic mass is 35.5. The molecule has 2 saturated carbocycles. The maximum Gasteiger partial charge on any atom is 0.385 e. The van der Waals surface area contributed by atoms with Gasteiger partial charge in [0.2, 0.25) is 0 Å². The Morgan fingerprint density at radius 1 is 0.667 bits per heavy atom. The van der Waals surface area contributed by atoms with Crippen LogP contribution in [0.1, 0.15) is 93.5 Å². The molecular weight excluding hydrogens is 1110 g/mol. The Balaban J connectivity index is 0.000000186. The van der Waals surface area contributed by atoms with Crippen molar-refractivity contribution in [3.63, 3.8) is 0 Å². The van der Waals surface area contributed by atoms with Gasteiger partial charge in [0.15, 0.2) is 0 Å². The summed E-state index contributed by atoms with van der Waals surface area (Å²) in [7, 11) is 0. The number of aliphatic hydroxyl groups excluding tert-OH is 2. The van der Waals surface area contributed by atoms with Crippen LogP contribution in [-0.2, 0) is 21.4 Å². The zero-order chi connectivity index (χ0) is 55.0. The lowest BCUT2D eigenvalue weighted by atomic mass is 10.0. The summed E-state index contributed by atoms with van der Waals surface area (Å²) < 4.78 is 94.2. The summed E-state index contributed by atoms with van der Waals surface area (Å²) in [6.07, 6.45) is 6.95. The van der Waals surface area contributed by atoms with Crippen molar-refractivity contribution in [2.24, 2.45) is 5.73 Å². The SMILES string of the molecule is C.N[C@H](CN1CCCC1)C(O)c1ccc(OC2CC2)c(Cl)c1.O=C(N[C@H](CN1CCCC1)[C@H](O)c1ccc(OC2CC2)c(Cl)c1)C(F)(F)c1csc(-c2ccc(F)cc2)n1.O=C(O)C(F)(F)c1csc(-c2ccc(F)cc2)n1. The number of aromatic nitrogens is 2. The molecular formula is C55H60Cl2F6N6O7S2. The third kappa shape index (κ3) is 15.9. The van der Waals surface area contributed by atoms with Crippen LogP contribution in [0.25, 0.3) is 21.1 Å². The highest BCUT2D eigenvalue weighted by molar-refractivity contribution is 7.13. The summed E-state index contributed by atoms with van der Waals surface area (Å²) in [4.78, 5) is 35.1. The number of hydrogen-bond acceptors (Lipinski definition) is 13. The van der Waals surface area contributed by atoms with Crippen molar-refractivity contribution in [1.29, 1.82) is 0 Å². The van der Waals surface area contributed by atoms with E-state index in [-0.39, 0.29) is 36.1 Å². The number of aliphatic hydroxyl groups is 2. The van der Waals surface area contributed by atoms with E-state index >= 15 is 8.78 Å². The third-order valence-electron chi connectivity index (χ3n) is 13.0. The average Bonchev–Trinajstić information content (AvgIpc) is 4.00. The van der Waals surface area contributed by atoms with Crippen LogP contribution < -0.4 is 20.5 Å². The molecule has 23 heteroatoms. The van der Waals surface area contributed by atoms with E-state index in [2.05, 4.69) is 20.2 Å². The maximum atomic E-state index is 15.3. The Bertz CT molecular complexity index is 2940. The molecule has 2 aliphatic heterocycles. The lowest BCUT2D eigenvalue weighted by Gasteiger charge is -2.30. The van der Waals surface area contributed by atoms with E-state index in [1.54, 1.807) is 24.3 Å². The first-order valence-electron chi connectivity index (χ1n) is 25.0. The molecule has 1 amide bonds. The van der Waals surface area contributed by atoms with E-state index in [1.807, 2.05) is 17.0 Å². The minimum Gasteiger partial charge on any atom is -0.489 e. The van der Waals surface area contributed by atoms with Crippen LogP contribution in [0.2, 0.25) is 10.0 Å². The predicted molar refractivity (Wildman–Crippen MR) is 289 cm³/mol. The van der Waals surface area contributed by atoms with Gasteiger partial charge in [0.25, 0.3) is 5.91 Å². The van der Waals surface area contributed by atoms with Gasteiger partial charge in [-0.25, -0.2) is 23.5 Å². The van der Waals surface area contributed by atoms with Gasteiger partial charge in [0.1, 0.15) is 50.6 Å². The summed E-state index contributed by atoms with van der Waals surface area (Å²) in [5.41, 5.74) is 6.68. The van der Waals surface area contributed by atoms with Crippen LogP contribution in [0.15, 0.2) is 95.7 Å². The number of benzene rings is 4.